The summed E-state index contributed by atoms with van der Waals surface area (Å²) in [5.41, 5.74) is 0.742. The number of benzene rings is 1. The molecule has 2 aliphatic rings. The molecule has 0 radical (unpaired) electrons. The van der Waals surface area contributed by atoms with Crippen LogP contribution in [0.4, 0.5) is 5.69 Å². The highest BCUT2D eigenvalue weighted by molar-refractivity contribution is 7.09. The zero-order chi connectivity index (χ0) is 18.1. The van der Waals surface area contributed by atoms with Crippen LogP contribution in [0.15, 0.2) is 41.8 Å². The van der Waals surface area contributed by atoms with Crippen molar-refractivity contribution in [3.63, 3.8) is 0 Å². The van der Waals surface area contributed by atoms with Crippen molar-refractivity contribution >= 4 is 28.8 Å². The summed E-state index contributed by atoms with van der Waals surface area (Å²) in [5.74, 6) is 0.464. The fourth-order valence-corrected chi connectivity index (χ4v) is 4.24. The highest BCUT2D eigenvalue weighted by atomic mass is 32.1. The number of methoxy groups -OCH3 is 1. The van der Waals surface area contributed by atoms with Crippen molar-refractivity contribution in [1.29, 1.82) is 0 Å². The Bertz CT molecular complexity index is 801. The van der Waals surface area contributed by atoms with E-state index in [-0.39, 0.29) is 24.2 Å². The minimum Gasteiger partial charge on any atom is -0.495 e. The van der Waals surface area contributed by atoms with Crippen molar-refractivity contribution in [2.24, 2.45) is 5.92 Å². The minimum absolute atomic E-state index is 0.0141. The molecule has 2 aromatic rings. The van der Waals surface area contributed by atoms with Crippen molar-refractivity contribution in [2.75, 3.05) is 18.6 Å². The second kappa shape index (κ2) is 7.11. The Morgan fingerprint density at radius 3 is 2.77 bits per heavy atom. The van der Waals surface area contributed by atoms with Crippen molar-refractivity contribution in [1.82, 2.24) is 4.90 Å². The molecule has 1 saturated heterocycles. The normalized spacial score (nSPS) is 19.7. The first kappa shape index (κ1) is 17.1. The fourth-order valence-electron chi connectivity index (χ4n) is 3.54. The third-order valence-electron chi connectivity index (χ3n) is 5.03. The van der Waals surface area contributed by atoms with Crippen LogP contribution in [0.2, 0.25) is 0 Å². The SMILES string of the molecule is COc1ccccc1N1CC(C(=O)N(Cc2cccs2)C2CC2)CC1=O. The molecule has 0 N–H and O–H groups in total. The van der Waals surface area contributed by atoms with Crippen LogP contribution < -0.4 is 9.64 Å². The molecule has 1 unspecified atom stereocenters. The summed E-state index contributed by atoms with van der Waals surface area (Å²) < 4.78 is 5.38. The molecule has 2 amide bonds. The first-order chi connectivity index (χ1) is 12.7. The summed E-state index contributed by atoms with van der Waals surface area (Å²) in [6, 6.07) is 11.9. The Kier molecular flexibility index (Phi) is 4.68. The highest BCUT2D eigenvalue weighted by Gasteiger charge is 2.41. The monoisotopic (exact) mass is 370 g/mol. The zero-order valence-corrected chi connectivity index (χ0v) is 15.6. The summed E-state index contributed by atoms with van der Waals surface area (Å²) in [5, 5.41) is 2.04. The Labute approximate surface area is 157 Å². The Morgan fingerprint density at radius 2 is 2.08 bits per heavy atom. The van der Waals surface area contributed by atoms with Crippen LogP contribution in [0.1, 0.15) is 24.1 Å². The molecule has 5 nitrogen and oxygen atoms in total. The van der Waals surface area contributed by atoms with E-state index in [9.17, 15) is 9.59 Å². The van der Waals surface area contributed by atoms with Gasteiger partial charge in [0.2, 0.25) is 11.8 Å². The number of ether oxygens (including phenoxy) is 1. The smallest absolute Gasteiger partial charge is 0.228 e. The number of rotatable bonds is 6. The van der Waals surface area contributed by atoms with Gasteiger partial charge in [-0.25, -0.2) is 0 Å². The van der Waals surface area contributed by atoms with Crippen molar-refractivity contribution < 1.29 is 14.3 Å². The highest BCUT2D eigenvalue weighted by Crippen LogP contribution is 2.36. The molecule has 1 atom stereocenters. The summed E-state index contributed by atoms with van der Waals surface area (Å²) in [4.78, 5) is 30.6. The molecule has 1 saturated carbocycles. The van der Waals surface area contributed by atoms with Gasteiger partial charge < -0.3 is 14.5 Å². The minimum atomic E-state index is -0.284. The zero-order valence-electron chi connectivity index (χ0n) is 14.8. The van der Waals surface area contributed by atoms with Crippen LogP contribution in [0, 0.1) is 5.92 Å². The van der Waals surface area contributed by atoms with Crippen LogP contribution in [-0.2, 0) is 16.1 Å². The van der Waals surface area contributed by atoms with E-state index in [2.05, 4.69) is 6.07 Å². The van der Waals surface area contributed by atoms with E-state index < -0.39 is 0 Å². The van der Waals surface area contributed by atoms with E-state index in [4.69, 9.17) is 4.74 Å². The van der Waals surface area contributed by atoms with Gasteiger partial charge in [-0.15, -0.1) is 11.3 Å². The van der Waals surface area contributed by atoms with E-state index in [1.165, 1.54) is 4.88 Å². The van der Waals surface area contributed by atoms with Crippen molar-refractivity contribution in [3.05, 3.63) is 46.7 Å². The molecule has 0 spiro atoms. The van der Waals surface area contributed by atoms with Crippen molar-refractivity contribution in [3.8, 4) is 5.75 Å². The lowest BCUT2D eigenvalue weighted by molar-refractivity contribution is -0.137. The quantitative estimate of drug-likeness (QED) is 0.784. The lowest BCUT2D eigenvalue weighted by atomic mass is 10.1. The number of thiophene rings is 1. The van der Waals surface area contributed by atoms with E-state index >= 15 is 0 Å². The van der Waals surface area contributed by atoms with Gasteiger partial charge in [0.25, 0.3) is 0 Å². The van der Waals surface area contributed by atoms with Gasteiger partial charge in [-0.3, -0.25) is 9.59 Å². The van der Waals surface area contributed by atoms with Crippen LogP contribution in [0.5, 0.6) is 5.75 Å². The van der Waals surface area contributed by atoms with Gasteiger partial charge in [0, 0.05) is 23.9 Å². The first-order valence-electron chi connectivity index (χ1n) is 8.93. The number of para-hydroxylation sites is 2. The number of nitrogens with zero attached hydrogens (tertiary/aromatic N) is 2. The lowest BCUT2D eigenvalue weighted by Crippen LogP contribution is -2.38. The molecule has 26 heavy (non-hydrogen) atoms. The Balaban J connectivity index is 1.51. The number of amides is 2. The van der Waals surface area contributed by atoms with Crippen LogP contribution in [0.3, 0.4) is 0 Å². The third kappa shape index (κ3) is 3.33. The van der Waals surface area contributed by atoms with Crippen LogP contribution >= 0.6 is 11.3 Å². The van der Waals surface area contributed by atoms with E-state index in [0.717, 1.165) is 18.5 Å². The van der Waals surface area contributed by atoms with Crippen molar-refractivity contribution in [2.45, 2.75) is 31.8 Å². The molecule has 1 aliphatic carbocycles. The van der Waals surface area contributed by atoms with E-state index in [1.807, 2.05) is 40.6 Å². The molecule has 0 bridgehead atoms. The second-order valence-electron chi connectivity index (χ2n) is 6.85. The average Bonchev–Trinajstić information content (AvgIpc) is 3.23. The average molecular weight is 370 g/mol. The molecule has 1 aromatic heterocycles. The molecular weight excluding hydrogens is 348 g/mol. The van der Waals surface area contributed by atoms with E-state index in [1.54, 1.807) is 23.3 Å². The predicted molar refractivity (Wildman–Crippen MR) is 101 cm³/mol. The largest absolute Gasteiger partial charge is 0.495 e. The number of anilines is 1. The molecular formula is C20H22N2O3S. The summed E-state index contributed by atoms with van der Waals surface area (Å²) in [6.07, 6.45) is 2.40. The first-order valence-corrected chi connectivity index (χ1v) is 9.81. The topological polar surface area (TPSA) is 49.9 Å². The van der Waals surface area contributed by atoms with Gasteiger partial charge in [0.05, 0.1) is 25.3 Å². The van der Waals surface area contributed by atoms with Gasteiger partial charge in [-0.2, -0.15) is 0 Å². The van der Waals surface area contributed by atoms with E-state index in [0.29, 0.717) is 24.9 Å². The maximum Gasteiger partial charge on any atom is 0.228 e. The summed E-state index contributed by atoms with van der Waals surface area (Å²) in [7, 11) is 1.60. The second-order valence-corrected chi connectivity index (χ2v) is 7.89. The number of carbonyl (C=O) groups excluding carboxylic acids is 2. The summed E-state index contributed by atoms with van der Waals surface area (Å²) >= 11 is 1.67. The Morgan fingerprint density at radius 1 is 1.27 bits per heavy atom. The molecule has 1 aromatic carbocycles. The van der Waals surface area contributed by atoms with Gasteiger partial charge in [-0.1, -0.05) is 18.2 Å². The van der Waals surface area contributed by atoms with Crippen LogP contribution in [0.25, 0.3) is 0 Å². The molecule has 136 valence electrons. The molecule has 1 aliphatic heterocycles. The maximum atomic E-state index is 13.2. The summed E-state index contributed by atoms with van der Waals surface area (Å²) in [6.45, 7) is 1.08. The van der Waals surface area contributed by atoms with Gasteiger partial charge in [0.1, 0.15) is 5.75 Å². The maximum absolute atomic E-state index is 13.2. The van der Waals surface area contributed by atoms with Gasteiger partial charge >= 0.3 is 0 Å². The number of hydrogen-bond acceptors (Lipinski definition) is 4. The molecule has 4 rings (SSSR count). The molecule has 2 fully saturated rings. The fraction of sp³-hybridized carbons (Fsp3) is 0.400. The predicted octanol–water partition coefficient (Wildman–Crippen LogP) is 3.30. The van der Waals surface area contributed by atoms with Crippen LogP contribution in [-0.4, -0.2) is 36.4 Å². The van der Waals surface area contributed by atoms with Gasteiger partial charge in [-0.05, 0) is 36.4 Å². The third-order valence-corrected chi connectivity index (χ3v) is 5.89. The van der Waals surface area contributed by atoms with Gasteiger partial charge in [0.15, 0.2) is 0 Å². The number of carbonyl (C=O) groups is 2. The Hall–Kier alpha value is -2.34. The number of hydrogen-bond donors (Lipinski definition) is 0. The standard InChI is InChI=1S/C20H22N2O3S/c1-25-18-7-3-2-6-17(18)22-12-14(11-19(22)23)20(24)21(15-8-9-15)13-16-5-4-10-26-16/h2-7,10,14-15H,8-9,11-13H2,1H3. The lowest BCUT2D eigenvalue weighted by Gasteiger charge is -2.25. The molecule has 6 heteroatoms. The molecule has 2 heterocycles.